The van der Waals surface area contributed by atoms with E-state index < -0.39 is 0 Å². The second-order valence-corrected chi connectivity index (χ2v) is 11.5. The fourth-order valence-electron chi connectivity index (χ4n) is 5.76. The van der Waals surface area contributed by atoms with Crippen molar-refractivity contribution < 1.29 is 26.2 Å². The van der Waals surface area contributed by atoms with Crippen LogP contribution in [0.25, 0.3) is 39.1 Å². The molecule has 5 heteroatoms. The van der Waals surface area contributed by atoms with Crippen molar-refractivity contribution in [3.8, 4) is 34.1 Å². The van der Waals surface area contributed by atoms with Gasteiger partial charge in [-0.05, 0) is 70.5 Å². The molecule has 0 saturated carbocycles. The van der Waals surface area contributed by atoms with Gasteiger partial charge in [0.1, 0.15) is 11.6 Å². The zero-order valence-electron chi connectivity index (χ0n) is 25.0. The van der Waals surface area contributed by atoms with E-state index in [4.69, 9.17) is 9.97 Å². The maximum atomic E-state index is 10.9. The summed E-state index contributed by atoms with van der Waals surface area (Å²) in [4.78, 5) is 9.83. The molecule has 0 aliphatic rings. The molecule has 6 rings (SSSR count). The molecule has 0 amide bonds. The van der Waals surface area contributed by atoms with E-state index in [0.29, 0.717) is 11.8 Å². The number of fused-ring (bicyclic) bond motifs is 1. The number of hydrogen-bond donors (Lipinski definition) is 1. The van der Waals surface area contributed by atoms with Crippen LogP contribution < -0.4 is 0 Å². The first-order chi connectivity index (χ1) is 20.4. The van der Waals surface area contributed by atoms with Crippen LogP contribution in [-0.2, 0) is 33.9 Å². The third kappa shape index (κ3) is 6.21. The number of phenols is 1. The van der Waals surface area contributed by atoms with Crippen molar-refractivity contribution in [2.24, 2.45) is 0 Å². The molecule has 4 aromatic carbocycles. The monoisotopic (exact) mass is 745 g/mol. The van der Waals surface area contributed by atoms with Crippen molar-refractivity contribution in [2.75, 3.05) is 0 Å². The van der Waals surface area contributed by atoms with E-state index in [9.17, 15) is 5.11 Å². The van der Waals surface area contributed by atoms with E-state index in [0.717, 1.165) is 57.8 Å². The van der Waals surface area contributed by atoms with E-state index >= 15 is 0 Å². The Bertz CT molecular complexity index is 1840. The van der Waals surface area contributed by atoms with Gasteiger partial charge in [0.2, 0.25) is 0 Å². The number of aromatic hydroxyl groups is 1. The molecular formula is C38H36N3OPt-. The number of pyridine rings is 1. The molecule has 6 aromatic rings. The summed E-state index contributed by atoms with van der Waals surface area (Å²) in [5.41, 5.74) is 8.47. The largest absolute Gasteiger partial charge is 0.507 e. The van der Waals surface area contributed by atoms with E-state index in [-0.39, 0.29) is 26.8 Å². The molecule has 220 valence electrons. The number of nitrogens with zero attached hydrogens (tertiary/aromatic N) is 3. The molecule has 1 N–H and O–H groups in total. The summed E-state index contributed by atoms with van der Waals surface area (Å²) in [6, 6.07) is 34.4. The number of imidazole rings is 1. The Balaban J connectivity index is 0.00000368. The first kappa shape index (κ1) is 30.4. The summed E-state index contributed by atoms with van der Waals surface area (Å²) in [6.45, 7) is 8.92. The molecule has 2 aromatic heterocycles. The summed E-state index contributed by atoms with van der Waals surface area (Å²) in [5.74, 6) is 1.66. The maximum absolute atomic E-state index is 10.9. The van der Waals surface area contributed by atoms with Crippen LogP contribution in [0.3, 0.4) is 0 Å². The van der Waals surface area contributed by atoms with Crippen molar-refractivity contribution >= 4 is 10.8 Å². The van der Waals surface area contributed by atoms with E-state index in [1.54, 1.807) is 6.07 Å². The van der Waals surface area contributed by atoms with Gasteiger partial charge in [-0.3, -0.25) is 4.57 Å². The van der Waals surface area contributed by atoms with Crippen molar-refractivity contribution in [3.05, 3.63) is 132 Å². The molecule has 0 bridgehead atoms. The Kier molecular flexibility index (Phi) is 9.28. The molecule has 0 saturated heterocycles. The normalized spacial score (nSPS) is 11.3. The number of hydrogen-bond acceptors (Lipinski definition) is 3. The molecule has 0 unspecified atom stereocenters. The van der Waals surface area contributed by atoms with Crippen molar-refractivity contribution in [1.29, 1.82) is 0 Å². The van der Waals surface area contributed by atoms with Crippen LogP contribution in [-0.4, -0.2) is 19.6 Å². The van der Waals surface area contributed by atoms with Gasteiger partial charge in [0.25, 0.3) is 0 Å². The quantitative estimate of drug-likeness (QED) is 0.158. The van der Waals surface area contributed by atoms with Crippen LogP contribution in [0.4, 0.5) is 0 Å². The average molecular weight is 746 g/mol. The molecule has 2 heterocycles. The molecule has 0 atom stereocenters. The van der Waals surface area contributed by atoms with Crippen molar-refractivity contribution in [2.45, 2.75) is 52.4 Å². The Hall–Kier alpha value is -4.01. The molecular weight excluding hydrogens is 710 g/mol. The first-order valence-corrected chi connectivity index (χ1v) is 14.8. The standard InChI is InChI=1S/C38H36N3O.Pt/c1-25(2)31-16-10-17-32(26(3)4)37(31)41-24-30(40-38(41)34-15-7-8-18-35(34)42)20-19-27-11-9-13-29(23-27)36-33-14-6-5-12-28(33)21-22-39-36;/h5-18,21-22,24-26,42H,19-20H2,1-4H3;/q-1;. The Labute approximate surface area is 268 Å². The molecule has 0 fully saturated rings. The van der Waals surface area contributed by atoms with Gasteiger partial charge >= 0.3 is 0 Å². The number of aryl methyl sites for hydroxylation is 2. The number of aromatic nitrogens is 3. The third-order valence-electron chi connectivity index (χ3n) is 7.92. The van der Waals surface area contributed by atoms with Crippen LogP contribution in [0.5, 0.6) is 5.75 Å². The van der Waals surface area contributed by atoms with Gasteiger partial charge < -0.3 is 10.1 Å². The predicted octanol–water partition coefficient (Wildman–Crippen LogP) is 9.29. The zero-order chi connectivity index (χ0) is 29.2. The van der Waals surface area contributed by atoms with Gasteiger partial charge in [-0.2, -0.15) is 0 Å². The minimum Gasteiger partial charge on any atom is -0.507 e. The number of phenolic OH excluding ortho intramolecular Hbond substituents is 1. The summed E-state index contributed by atoms with van der Waals surface area (Å²) in [5, 5.41) is 13.2. The summed E-state index contributed by atoms with van der Waals surface area (Å²) >= 11 is 0. The second-order valence-electron chi connectivity index (χ2n) is 11.5. The van der Waals surface area contributed by atoms with E-state index in [1.165, 1.54) is 16.5 Å². The van der Waals surface area contributed by atoms with Gasteiger partial charge in [-0.15, -0.1) is 35.4 Å². The van der Waals surface area contributed by atoms with E-state index in [1.807, 2.05) is 30.5 Å². The molecule has 0 aliphatic carbocycles. The summed E-state index contributed by atoms with van der Waals surface area (Å²) < 4.78 is 2.20. The Morgan fingerprint density at radius 3 is 2.21 bits per heavy atom. The van der Waals surface area contributed by atoms with Crippen LogP contribution in [0.15, 0.2) is 103 Å². The fourth-order valence-corrected chi connectivity index (χ4v) is 5.76. The van der Waals surface area contributed by atoms with Gasteiger partial charge in [0.05, 0.1) is 16.9 Å². The molecule has 0 aliphatic heterocycles. The minimum absolute atomic E-state index is 0. The SMILES string of the molecule is CC(C)c1cccc(C(C)C)c1-n1cc(CCc2[c-]c(-c3nccc4ccccc34)ccc2)nc1-c1ccccc1O.[Pt]. The topological polar surface area (TPSA) is 50.9 Å². The van der Waals surface area contributed by atoms with Crippen LogP contribution in [0.2, 0.25) is 0 Å². The van der Waals surface area contributed by atoms with Gasteiger partial charge in [-0.25, -0.2) is 4.98 Å². The smallest absolute Gasteiger partial charge is 0.148 e. The maximum Gasteiger partial charge on any atom is 0.148 e. The van der Waals surface area contributed by atoms with Gasteiger partial charge in [-0.1, -0.05) is 82.3 Å². The average Bonchev–Trinajstić information content (AvgIpc) is 3.43. The first-order valence-electron chi connectivity index (χ1n) is 14.8. The van der Waals surface area contributed by atoms with Gasteiger partial charge in [0, 0.05) is 33.5 Å². The number of benzene rings is 4. The second kappa shape index (κ2) is 13.1. The van der Waals surface area contributed by atoms with Crippen LogP contribution in [0.1, 0.15) is 61.9 Å². The molecule has 0 radical (unpaired) electrons. The third-order valence-corrected chi connectivity index (χ3v) is 7.92. The zero-order valence-corrected chi connectivity index (χ0v) is 27.3. The van der Waals surface area contributed by atoms with Crippen molar-refractivity contribution in [1.82, 2.24) is 14.5 Å². The number of para-hydroxylation sites is 2. The van der Waals surface area contributed by atoms with Gasteiger partial charge in [0.15, 0.2) is 0 Å². The Morgan fingerprint density at radius 1 is 0.767 bits per heavy atom. The van der Waals surface area contributed by atoms with E-state index in [2.05, 4.69) is 105 Å². The van der Waals surface area contributed by atoms with Crippen molar-refractivity contribution in [3.63, 3.8) is 0 Å². The minimum atomic E-state index is 0. The Morgan fingerprint density at radius 2 is 1.47 bits per heavy atom. The van der Waals surface area contributed by atoms with Crippen LogP contribution in [0, 0.1) is 6.07 Å². The summed E-state index contributed by atoms with van der Waals surface area (Å²) in [7, 11) is 0. The van der Waals surface area contributed by atoms with Crippen LogP contribution >= 0.6 is 0 Å². The fraction of sp³-hybridized carbons (Fsp3) is 0.211. The number of rotatable bonds is 8. The predicted molar refractivity (Wildman–Crippen MR) is 172 cm³/mol. The molecule has 43 heavy (non-hydrogen) atoms. The molecule has 4 nitrogen and oxygen atoms in total. The summed E-state index contributed by atoms with van der Waals surface area (Å²) in [6.07, 6.45) is 5.56. The molecule has 0 spiro atoms.